The van der Waals surface area contributed by atoms with E-state index in [4.69, 9.17) is 16.1 Å². The van der Waals surface area contributed by atoms with Crippen molar-refractivity contribution in [1.29, 1.82) is 0 Å². The highest BCUT2D eigenvalue weighted by Crippen LogP contribution is 2.26. The van der Waals surface area contributed by atoms with E-state index < -0.39 is 5.82 Å². The highest BCUT2D eigenvalue weighted by molar-refractivity contribution is 6.30. The minimum absolute atomic E-state index is 0.0291. The Morgan fingerprint density at radius 3 is 2.70 bits per heavy atom. The molecule has 0 spiro atoms. The number of hydrogen-bond donors (Lipinski definition) is 1. The van der Waals surface area contributed by atoms with E-state index in [0.29, 0.717) is 17.0 Å². The second kappa shape index (κ2) is 4.94. The molecule has 0 aliphatic heterocycles. The standard InChI is InChI=1S/C14H8ClFN2O2/c15-11-5-4-9(7-12(11)16)14-17-13(18-20-14)8-2-1-3-10(19)6-8/h1-7,19H. The third-order valence-electron chi connectivity index (χ3n) is 2.70. The van der Waals surface area contributed by atoms with Crippen LogP contribution in [0.4, 0.5) is 4.39 Å². The predicted octanol–water partition coefficient (Wildman–Crippen LogP) is 3.90. The SMILES string of the molecule is Oc1cccc(-c2noc(-c3ccc(Cl)c(F)c3)n2)c1. The number of halogens is 2. The van der Waals surface area contributed by atoms with E-state index in [0.717, 1.165) is 0 Å². The monoisotopic (exact) mass is 290 g/mol. The molecule has 20 heavy (non-hydrogen) atoms. The number of rotatable bonds is 2. The van der Waals surface area contributed by atoms with Crippen LogP contribution in [0, 0.1) is 5.82 Å². The third-order valence-corrected chi connectivity index (χ3v) is 3.00. The van der Waals surface area contributed by atoms with Crippen molar-refractivity contribution in [3.63, 3.8) is 0 Å². The molecule has 1 aromatic heterocycles. The second-order valence-corrected chi connectivity index (χ2v) is 4.51. The highest BCUT2D eigenvalue weighted by atomic mass is 35.5. The lowest BCUT2D eigenvalue weighted by molar-refractivity contribution is 0.432. The Kier molecular flexibility index (Phi) is 3.12. The highest BCUT2D eigenvalue weighted by Gasteiger charge is 2.12. The van der Waals surface area contributed by atoms with E-state index in [1.807, 2.05) is 0 Å². The Labute approximate surface area is 118 Å². The lowest BCUT2D eigenvalue weighted by Crippen LogP contribution is -1.83. The van der Waals surface area contributed by atoms with E-state index in [2.05, 4.69) is 10.1 Å². The molecular formula is C14H8ClFN2O2. The molecule has 0 bridgehead atoms. The van der Waals surface area contributed by atoms with Gasteiger partial charge in [0.2, 0.25) is 5.82 Å². The zero-order valence-corrected chi connectivity index (χ0v) is 10.8. The smallest absolute Gasteiger partial charge is 0.258 e. The van der Waals surface area contributed by atoms with Crippen molar-refractivity contribution in [3.05, 3.63) is 53.3 Å². The summed E-state index contributed by atoms with van der Waals surface area (Å²) < 4.78 is 18.5. The molecule has 4 nitrogen and oxygen atoms in total. The molecule has 0 saturated heterocycles. The van der Waals surface area contributed by atoms with Crippen LogP contribution in [-0.2, 0) is 0 Å². The average Bonchev–Trinajstić information content (AvgIpc) is 2.92. The van der Waals surface area contributed by atoms with Crippen molar-refractivity contribution in [1.82, 2.24) is 10.1 Å². The lowest BCUT2D eigenvalue weighted by Gasteiger charge is -1.96. The molecule has 0 fully saturated rings. The van der Waals surface area contributed by atoms with Crippen LogP contribution < -0.4 is 0 Å². The van der Waals surface area contributed by atoms with Crippen molar-refractivity contribution in [2.24, 2.45) is 0 Å². The van der Waals surface area contributed by atoms with Gasteiger partial charge in [0.05, 0.1) is 5.02 Å². The van der Waals surface area contributed by atoms with Crippen molar-refractivity contribution in [2.75, 3.05) is 0 Å². The largest absolute Gasteiger partial charge is 0.508 e. The molecular weight excluding hydrogens is 283 g/mol. The fourth-order valence-corrected chi connectivity index (χ4v) is 1.85. The molecule has 100 valence electrons. The van der Waals surface area contributed by atoms with Crippen LogP contribution in [-0.4, -0.2) is 15.2 Å². The Balaban J connectivity index is 1.99. The quantitative estimate of drug-likeness (QED) is 0.777. The van der Waals surface area contributed by atoms with Crippen LogP contribution in [0.3, 0.4) is 0 Å². The molecule has 0 aliphatic carbocycles. The Morgan fingerprint density at radius 1 is 1.10 bits per heavy atom. The molecule has 0 radical (unpaired) electrons. The fraction of sp³-hybridized carbons (Fsp3) is 0. The van der Waals surface area contributed by atoms with Crippen LogP contribution in [0.2, 0.25) is 5.02 Å². The first-order valence-electron chi connectivity index (χ1n) is 5.72. The van der Waals surface area contributed by atoms with Gasteiger partial charge < -0.3 is 9.63 Å². The number of benzene rings is 2. The van der Waals surface area contributed by atoms with Gasteiger partial charge in [0.25, 0.3) is 5.89 Å². The summed E-state index contributed by atoms with van der Waals surface area (Å²) in [4.78, 5) is 4.16. The van der Waals surface area contributed by atoms with E-state index >= 15 is 0 Å². The summed E-state index contributed by atoms with van der Waals surface area (Å²) in [6.07, 6.45) is 0. The topological polar surface area (TPSA) is 59.2 Å². The van der Waals surface area contributed by atoms with Gasteiger partial charge in [-0.05, 0) is 30.3 Å². The minimum atomic E-state index is -0.554. The number of aromatic nitrogens is 2. The molecule has 3 aromatic rings. The van der Waals surface area contributed by atoms with Gasteiger partial charge in [-0.25, -0.2) is 4.39 Å². The van der Waals surface area contributed by atoms with Gasteiger partial charge >= 0.3 is 0 Å². The predicted molar refractivity (Wildman–Crippen MR) is 71.8 cm³/mol. The number of phenolic OH excluding ortho intramolecular Hbond substituents is 1. The zero-order valence-electron chi connectivity index (χ0n) is 10.0. The van der Waals surface area contributed by atoms with Gasteiger partial charge in [-0.2, -0.15) is 4.98 Å². The molecule has 1 heterocycles. The first-order valence-corrected chi connectivity index (χ1v) is 6.10. The summed E-state index contributed by atoms with van der Waals surface area (Å²) in [6, 6.07) is 10.7. The van der Waals surface area contributed by atoms with Crippen LogP contribution in [0.1, 0.15) is 0 Å². The van der Waals surface area contributed by atoms with Crippen LogP contribution >= 0.6 is 11.6 Å². The summed E-state index contributed by atoms with van der Waals surface area (Å²) in [5.74, 6) is 0.0397. The maximum absolute atomic E-state index is 13.4. The van der Waals surface area contributed by atoms with Crippen LogP contribution in [0.15, 0.2) is 47.0 Å². The molecule has 0 aliphatic rings. The summed E-state index contributed by atoms with van der Waals surface area (Å²) in [5, 5.41) is 13.2. The molecule has 0 atom stereocenters. The number of hydrogen-bond acceptors (Lipinski definition) is 4. The maximum Gasteiger partial charge on any atom is 0.258 e. The summed E-state index contributed by atoms with van der Waals surface area (Å²) >= 11 is 5.62. The first-order chi connectivity index (χ1) is 9.63. The van der Waals surface area contributed by atoms with Gasteiger partial charge in [0, 0.05) is 11.1 Å². The normalized spacial score (nSPS) is 10.7. The molecule has 6 heteroatoms. The summed E-state index contributed by atoms with van der Waals surface area (Å²) in [5.41, 5.74) is 1.04. The van der Waals surface area contributed by atoms with Crippen LogP contribution in [0.5, 0.6) is 5.75 Å². The van der Waals surface area contributed by atoms with Crippen molar-refractivity contribution < 1.29 is 14.0 Å². The Hall–Kier alpha value is -2.40. The van der Waals surface area contributed by atoms with E-state index in [1.165, 1.54) is 18.2 Å². The number of phenols is 1. The van der Waals surface area contributed by atoms with Crippen molar-refractivity contribution in [2.45, 2.75) is 0 Å². The van der Waals surface area contributed by atoms with Gasteiger partial charge in [0.1, 0.15) is 11.6 Å². The first kappa shape index (κ1) is 12.6. The van der Waals surface area contributed by atoms with Gasteiger partial charge in [0.15, 0.2) is 0 Å². The summed E-state index contributed by atoms with van der Waals surface area (Å²) in [6.45, 7) is 0. The average molecular weight is 291 g/mol. The van der Waals surface area contributed by atoms with E-state index in [-0.39, 0.29) is 16.7 Å². The van der Waals surface area contributed by atoms with Gasteiger partial charge in [-0.1, -0.05) is 28.9 Å². The van der Waals surface area contributed by atoms with Crippen molar-refractivity contribution in [3.8, 4) is 28.6 Å². The van der Waals surface area contributed by atoms with E-state index in [1.54, 1.807) is 24.3 Å². The molecule has 0 unspecified atom stereocenters. The van der Waals surface area contributed by atoms with E-state index in [9.17, 15) is 9.50 Å². The summed E-state index contributed by atoms with van der Waals surface area (Å²) in [7, 11) is 0. The van der Waals surface area contributed by atoms with Crippen LogP contribution in [0.25, 0.3) is 22.8 Å². The fourth-order valence-electron chi connectivity index (χ4n) is 1.73. The number of nitrogens with zero attached hydrogens (tertiary/aromatic N) is 2. The molecule has 3 rings (SSSR count). The maximum atomic E-state index is 13.4. The second-order valence-electron chi connectivity index (χ2n) is 4.10. The zero-order chi connectivity index (χ0) is 14.1. The molecule has 0 amide bonds. The van der Waals surface area contributed by atoms with Gasteiger partial charge in [-0.3, -0.25) is 0 Å². The Bertz CT molecular complexity index is 773. The lowest BCUT2D eigenvalue weighted by atomic mass is 10.2. The molecule has 0 saturated carbocycles. The molecule has 1 N–H and O–H groups in total. The molecule has 2 aromatic carbocycles. The van der Waals surface area contributed by atoms with Gasteiger partial charge in [-0.15, -0.1) is 0 Å². The minimum Gasteiger partial charge on any atom is -0.508 e. The number of aromatic hydroxyl groups is 1. The Morgan fingerprint density at radius 2 is 1.95 bits per heavy atom. The van der Waals surface area contributed by atoms with Crippen molar-refractivity contribution >= 4 is 11.6 Å². The third kappa shape index (κ3) is 2.35.